The Bertz CT molecular complexity index is 444. The second kappa shape index (κ2) is 4.60. The highest BCUT2D eigenvalue weighted by molar-refractivity contribution is 14.1. The zero-order valence-electron chi connectivity index (χ0n) is 8.06. The first-order valence-corrected chi connectivity index (χ1v) is 6.33. The number of hydrogen-bond acceptors (Lipinski definition) is 3. The van der Waals surface area contributed by atoms with Crippen molar-refractivity contribution in [3.05, 3.63) is 26.5 Å². The number of halogens is 2. The van der Waals surface area contributed by atoms with E-state index < -0.39 is 0 Å². The second-order valence-electron chi connectivity index (χ2n) is 2.96. The topological polar surface area (TPSA) is 48.5 Å². The van der Waals surface area contributed by atoms with Crippen LogP contribution in [0.3, 0.4) is 0 Å². The average molecular weight is 382 g/mol. The number of aromatic nitrogens is 5. The molecule has 0 saturated heterocycles. The molecule has 0 aliphatic carbocycles. The molecule has 7 heteroatoms. The summed E-state index contributed by atoms with van der Waals surface area (Å²) in [5.41, 5.74) is 0. The van der Waals surface area contributed by atoms with Gasteiger partial charge in [0.1, 0.15) is 22.4 Å². The number of rotatable bonds is 3. The zero-order chi connectivity index (χ0) is 10.8. The Kier molecular flexibility index (Phi) is 3.39. The first kappa shape index (κ1) is 11.1. The first-order chi connectivity index (χ1) is 7.20. The molecule has 5 nitrogen and oxygen atoms in total. The molecule has 2 rings (SSSR count). The van der Waals surface area contributed by atoms with Crippen molar-refractivity contribution < 1.29 is 0 Å². The molecule has 2 aromatic heterocycles. The van der Waals surface area contributed by atoms with Crippen molar-refractivity contribution >= 4 is 38.5 Å². The third kappa shape index (κ3) is 2.39. The Morgan fingerprint density at radius 2 is 2.33 bits per heavy atom. The fourth-order valence-electron chi connectivity index (χ4n) is 1.27. The molecular formula is C8H9BrIN5. The van der Waals surface area contributed by atoms with Gasteiger partial charge in [-0.05, 0) is 45.4 Å². The smallest absolute Gasteiger partial charge is 0.148 e. The molecule has 0 aliphatic heterocycles. The van der Waals surface area contributed by atoms with E-state index >= 15 is 0 Å². The first-order valence-electron chi connectivity index (χ1n) is 4.46. The van der Waals surface area contributed by atoms with Crippen LogP contribution in [0.2, 0.25) is 0 Å². The standard InChI is InChI=1S/C8H9BrIN5/c1-2-15-7(11-5-12-15)4-14-3-6(9)8(10)13-14/h3,5H,2,4H2,1H3. The molecule has 0 aliphatic rings. The van der Waals surface area contributed by atoms with Gasteiger partial charge in [-0.25, -0.2) is 9.67 Å². The monoisotopic (exact) mass is 381 g/mol. The number of hydrogen-bond donors (Lipinski definition) is 0. The molecular weight excluding hydrogens is 373 g/mol. The van der Waals surface area contributed by atoms with Crippen LogP contribution in [0.1, 0.15) is 12.7 Å². The average Bonchev–Trinajstić information content (AvgIpc) is 2.75. The SMILES string of the molecule is CCn1ncnc1Cn1cc(Br)c(I)n1. The van der Waals surface area contributed by atoms with E-state index in [-0.39, 0.29) is 0 Å². The van der Waals surface area contributed by atoms with Crippen molar-refractivity contribution in [1.82, 2.24) is 24.5 Å². The van der Waals surface area contributed by atoms with Crippen molar-refractivity contribution in [2.24, 2.45) is 0 Å². The van der Waals surface area contributed by atoms with Gasteiger partial charge < -0.3 is 0 Å². The Morgan fingerprint density at radius 3 is 2.93 bits per heavy atom. The maximum absolute atomic E-state index is 4.34. The van der Waals surface area contributed by atoms with Gasteiger partial charge >= 0.3 is 0 Å². The van der Waals surface area contributed by atoms with Crippen LogP contribution in [0.4, 0.5) is 0 Å². The molecule has 0 bridgehead atoms. The minimum atomic E-state index is 0.648. The Morgan fingerprint density at radius 1 is 1.53 bits per heavy atom. The van der Waals surface area contributed by atoms with Gasteiger partial charge in [-0.2, -0.15) is 10.2 Å². The molecule has 0 saturated carbocycles. The highest BCUT2D eigenvalue weighted by atomic mass is 127. The Hall–Kier alpha value is -0.440. The zero-order valence-corrected chi connectivity index (χ0v) is 11.8. The van der Waals surface area contributed by atoms with Crippen LogP contribution in [-0.4, -0.2) is 24.5 Å². The van der Waals surface area contributed by atoms with Gasteiger partial charge in [-0.1, -0.05) is 0 Å². The number of nitrogens with zero attached hydrogens (tertiary/aromatic N) is 5. The van der Waals surface area contributed by atoms with Gasteiger partial charge in [-0.3, -0.25) is 4.68 Å². The van der Waals surface area contributed by atoms with Crippen molar-refractivity contribution in [1.29, 1.82) is 0 Å². The van der Waals surface area contributed by atoms with E-state index in [1.54, 1.807) is 6.33 Å². The molecule has 0 spiro atoms. The van der Waals surface area contributed by atoms with E-state index in [0.29, 0.717) is 6.54 Å². The molecule has 0 amide bonds. The summed E-state index contributed by atoms with van der Waals surface area (Å²) in [6.45, 7) is 3.52. The molecule has 0 unspecified atom stereocenters. The lowest BCUT2D eigenvalue weighted by molar-refractivity contribution is 0.566. The highest BCUT2D eigenvalue weighted by Crippen LogP contribution is 2.16. The summed E-state index contributed by atoms with van der Waals surface area (Å²) in [6, 6.07) is 0. The van der Waals surface area contributed by atoms with Gasteiger partial charge in [0.05, 0.1) is 4.47 Å². The third-order valence-corrected chi connectivity index (χ3v) is 4.09. The van der Waals surface area contributed by atoms with Crippen LogP contribution in [0.5, 0.6) is 0 Å². The van der Waals surface area contributed by atoms with Crippen LogP contribution >= 0.6 is 38.5 Å². The van der Waals surface area contributed by atoms with Crippen molar-refractivity contribution in [2.45, 2.75) is 20.0 Å². The molecule has 0 aromatic carbocycles. The van der Waals surface area contributed by atoms with E-state index in [2.05, 4.69) is 53.7 Å². The molecule has 0 N–H and O–H groups in total. The summed E-state index contributed by atoms with van der Waals surface area (Å²) in [7, 11) is 0. The van der Waals surface area contributed by atoms with E-state index in [0.717, 1.165) is 20.5 Å². The molecule has 2 heterocycles. The fraction of sp³-hybridized carbons (Fsp3) is 0.375. The summed E-state index contributed by atoms with van der Waals surface area (Å²) >= 11 is 5.60. The summed E-state index contributed by atoms with van der Waals surface area (Å²) in [5, 5.41) is 8.45. The van der Waals surface area contributed by atoms with Crippen molar-refractivity contribution in [3.8, 4) is 0 Å². The van der Waals surface area contributed by atoms with Crippen LogP contribution in [-0.2, 0) is 13.1 Å². The van der Waals surface area contributed by atoms with Gasteiger partial charge in [0, 0.05) is 12.7 Å². The third-order valence-electron chi connectivity index (χ3n) is 1.97. The summed E-state index contributed by atoms with van der Waals surface area (Å²) in [6.07, 6.45) is 3.51. The van der Waals surface area contributed by atoms with E-state index in [1.165, 1.54) is 0 Å². The number of aryl methyl sites for hydroxylation is 1. The van der Waals surface area contributed by atoms with E-state index in [1.807, 2.05) is 22.5 Å². The lowest BCUT2D eigenvalue weighted by atomic mass is 10.5. The summed E-state index contributed by atoms with van der Waals surface area (Å²) in [5.74, 6) is 0.920. The molecule has 0 fully saturated rings. The van der Waals surface area contributed by atoms with Gasteiger partial charge in [0.15, 0.2) is 0 Å². The Labute approximate surface area is 109 Å². The van der Waals surface area contributed by atoms with E-state index in [4.69, 9.17) is 0 Å². The predicted octanol–water partition coefficient (Wildman–Crippen LogP) is 1.91. The van der Waals surface area contributed by atoms with Gasteiger partial charge in [0.2, 0.25) is 0 Å². The van der Waals surface area contributed by atoms with E-state index in [9.17, 15) is 0 Å². The molecule has 15 heavy (non-hydrogen) atoms. The minimum absolute atomic E-state index is 0.648. The fourth-order valence-corrected chi connectivity index (χ4v) is 2.01. The highest BCUT2D eigenvalue weighted by Gasteiger charge is 2.07. The molecule has 0 radical (unpaired) electrons. The Balaban J connectivity index is 2.21. The van der Waals surface area contributed by atoms with Gasteiger partial charge in [-0.15, -0.1) is 0 Å². The van der Waals surface area contributed by atoms with Crippen LogP contribution in [0.15, 0.2) is 17.0 Å². The second-order valence-corrected chi connectivity index (χ2v) is 4.83. The largest absolute Gasteiger partial charge is 0.263 e. The lowest BCUT2D eigenvalue weighted by Gasteiger charge is -2.02. The predicted molar refractivity (Wildman–Crippen MR) is 67.4 cm³/mol. The lowest BCUT2D eigenvalue weighted by Crippen LogP contribution is -2.09. The maximum Gasteiger partial charge on any atom is 0.148 e. The van der Waals surface area contributed by atoms with Crippen LogP contribution in [0.25, 0.3) is 0 Å². The molecule has 80 valence electrons. The van der Waals surface area contributed by atoms with Crippen LogP contribution in [0, 0.1) is 3.70 Å². The summed E-state index contributed by atoms with van der Waals surface area (Å²) in [4.78, 5) is 4.19. The molecule has 2 aromatic rings. The molecule has 0 atom stereocenters. The van der Waals surface area contributed by atoms with Crippen molar-refractivity contribution in [3.63, 3.8) is 0 Å². The summed E-state index contributed by atoms with van der Waals surface area (Å²) < 4.78 is 5.67. The van der Waals surface area contributed by atoms with Crippen molar-refractivity contribution in [2.75, 3.05) is 0 Å². The minimum Gasteiger partial charge on any atom is -0.263 e. The van der Waals surface area contributed by atoms with Gasteiger partial charge in [0.25, 0.3) is 0 Å². The normalized spacial score (nSPS) is 10.9. The maximum atomic E-state index is 4.34. The quantitative estimate of drug-likeness (QED) is 0.763. The van der Waals surface area contributed by atoms with Crippen LogP contribution < -0.4 is 0 Å².